The molecule has 1 aliphatic rings. The molecule has 0 amide bonds. The molecule has 0 spiro atoms. The first kappa shape index (κ1) is 42.5. The van der Waals surface area contributed by atoms with Gasteiger partial charge in [0.05, 0.1) is 36.5 Å². The number of carbonyl (C=O) groups excluding carboxylic acids is 2. The number of nitrogen functional groups attached to an aromatic ring is 1. The summed E-state index contributed by atoms with van der Waals surface area (Å²) in [6.45, 7) is 8.45. The first-order valence-electron chi connectivity index (χ1n) is 15.8. The molecule has 2 aromatic rings. The predicted octanol–water partition coefficient (Wildman–Crippen LogP) is 4.80. The topological polar surface area (TPSA) is 298 Å². The summed E-state index contributed by atoms with van der Waals surface area (Å²) in [7, 11) is -4.95. The molecule has 1 fully saturated rings. The fourth-order valence-corrected chi connectivity index (χ4v) is 6.87. The molecule has 0 bridgehead atoms. The smallest absolute Gasteiger partial charge is 0.450 e. The predicted molar refractivity (Wildman–Crippen MR) is 174 cm³/mol. The van der Waals surface area contributed by atoms with Gasteiger partial charge in [0.25, 0.3) is 0 Å². The van der Waals surface area contributed by atoms with Gasteiger partial charge >= 0.3 is 32.4 Å². The summed E-state index contributed by atoms with van der Waals surface area (Å²) in [5.41, 5.74) is 0.266. The molecule has 23 heteroatoms. The van der Waals surface area contributed by atoms with E-state index in [0.717, 1.165) is 6.33 Å². The number of nitrogens with two attached hydrogens (primary N) is 1. The maximum atomic E-state index is 13.9. The minimum absolute atomic E-state index is 0.00938. The second-order valence-electron chi connectivity index (χ2n) is 13.0. The van der Waals surface area contributed by atoms with Crippen LogP contribution < -0.4 is 5.73 Å². The average Bonchev–Trinajstić information content (AvgIpc) is 3.60. The van der Waals surface area contributed by atoms with Crippen LogP contribution in [0.15, 0.2) is 18.5 Å². The van der Waals surface area contributed by atoms with Crippen molar-refractivity contribution in [2.45, 2.75) is 90.5 Å². The molecule has 1 aliphatic heterocycles. The van der Waals surface area contributed by atoms with Gasteiger partial charge in [-0.15, -0.1) is 0 Å². The molecule has 294 valence electrons. The minimum Gasteiger partial charge on any atom is -0.450 e. The number of fused-ring (bicyclic) bond motifs is 1. The Morgan fingerprint density at radius 2 is 1.49 bits per heavy atom. The molecule has 4 N–H and O–H groups in total. The van der Waals surface area contributed by atoms with Crippen molar-refractivity contribution in [1.82, 2.24) is 14.6 Å². The Balaban J connectivity index is 2.13. The minimum atomic E-state index is -4.95. The number of phosphoric acid groups is 1. The van der Waals surface area contributed by atoms with Crippen LogP contribution in [0.1, 0.15) is 61.1 Å². The van der Waals surface area contributed by atoms with E-state index in [9.17, 15) is 39.2 Å². The Hall–Kier alpha value is -4.94. The largest absolute Gasteiger partial charge is 0.510 e. The lowest BCUT2D eigenvalue weighted by Crippen LogP contribution is -2.55. The van der Waals surface area contributed by atoms with Crippen LogP contribution in [0, 0.1) is 23.2 Å². The summed E-state index contributed by atoms with van der Waals surface area (Å²) in [5.74, 6) is -2.83. The summed E-state index contributed by atoms with van der Waals surface area (Å²) < 4.78 is 67.1. The van der Waals surface area contributed by atoms with Crippen LogP contribution in [0.25, 0.3) is 5.52 Å². The van der Waals surface area contributed by atoms with Crippen LogP contribution in [-0.2, 0) is 56.9 Å². The zero-order chi connectivity index (χ0) is 39.9. The Bertz CT molecular complexity index is 1710. The Labute approximate surface area is 302 Å². The monoisotopic (exact) mass is 775 g/mol. The van der Waals surface area contributed by atoms with Crippen LogP contribution in [-0.4, -0.2) is 99.1 Å². The summed E-state index contributed by atoms with van der Waals surface area (Å²) in [6.07, 6.45) is -7.52. The van der Waals surface area contributed by atoms with E-state index in [4.69, 9.17) is 52.5 Å². The zero-order valence-corrected chi connectivity index (χ0v) is 31.0. The van der Waals surface area contributed by atoms with Crippen molar-refractivity contribution in [3.05, 3.63) is 24.2 Å². The van der Waals surface area contributed by atoms with Crippen molar-refractivity contribution < 1.29 is 80.7 Å². The number of aromatic nitrogens is 3. The van der Waals surface area contributed by atoms with Gasteiger partial charge in [-0.1, -0.05) is 0 Å². The lowest BCUT2D eigenvalue weighted by molar-refractivity contribution is -0.112. The van der Waals surface area contributed by atoms with Crippen LogP contribution >= 0.6 is 7.82 Å². The first-order chi connectivity index (χ1) is 24.6. The van der Waals surface area contributed by atoms with E-state index in [2.05, 4.69) is 16.2 Å². The molecule has 22 nitrogen and oxygen atoms in total. The van der Waals surface area contributed by atoms with Gasteiger partial charge in [0.15, 0.2) is 5.82 Å². The number of nitrogens with zero attached hydrogens (tertiary/aromatic N) is 4. The Morgan fingerprint density at radius 3 is 1.98 bits per heavy atom. The number of carbonyl (C=O) groups is 4. The molecule has 3 heterocycles. The third-order valence-corrected chi connectivity index (χ3v) is 8.96. The SMILES string of the molecule is CC(C)OC(=O)OCOP(=O)(OCOC(=O)OC(C)C)OC[C@@H]1O[C@@](C#N)(c2ccc3c(N)ncnn23)[C@@H](C(C)(C)OC(=O)O)[C@H]1C(C)(C)OC(=O)O. The van der Waals surface area contributed by atoms with Crippen LogP contribution in [0.4, 0.5) is 25.0 Å². The number of anilines is 1. The second kappa shape index (κ2) is 16.8. The Kier molecular flexibility index (Phi) is 13.5. The summed E-state index contributed by atoms with van der Waals surface area (Å²) in [5, 5.41) is 34.6. The number of rotatable bonds is 16. The lowest BCUT2D eigenvalue weighted by atomic mass is 9.64. The summed E-state index contributed by atoms with van der Waals surface area (Å²) in [4.78, 5) is 51.8. The van der Waals surface area contributed by atoms with E-state index in [1.54, 1.807) is 0 Å². The molecule has 0 saturated carbocycles. The number of hydrogen-bond donors (Lipinski definition) is 3. The van der Waals surface area contributed by atoms with Crippen molar-refractivity contribution in [1.29, 1.82) is 5.26 Å². The maximum absolute atomic E-state index is 13.9. The molecule has 4 atom stereocenters. The van der Waals surface area contributed by atoms with Crippen molar-refractivity contribution in [2.24, 2.45) is 11.8 Å². The number of carboxylic acid groups (broad SMARTS) is 2. The summed E-state index contributed by atoms with van der Waals surface area (Å²) >= 11 is 0. The molecular formula is C30H42N5O17P. The van der Waals surface area contributed by atoms with E-state index in [-0.39, 0.29) is 17.0 Å². The number of phosphoric ester groups is 1. The van der Waals surface area contributed by atoms with Gasteiger partial charge in [-0.05, 0) is 67.5 Å². The lowest BCUT2D eigenvalue weighted by Gasteiger charge is -2.44. The third kappa shape index (κ3) is 10.4. The Morgan fingerprint density at radius 1 is 0.962 bits per heavy atom. The van der Waals surface area contributed by atoms with Gasteiger partial charge in [-0.25, -0.2) is 42.3 Å². The quantitative estimate of drug-likeness (QED) is 0.0892. The standard InChI is InChI=1S/C30H42N5O17P/c1-16(2)48-26(40)43-14-46-53(42,47-15-44-27(41)49-17(3)4)45-11-19-21(28(5,6)51-24(36)37)22(29(7,8)52-25(38)39)30(12-31,50-19)20-10-9-18-23(32)33-13-34-35(18)20/h9-10,13,16-17,19,21-22H,11,14-15H2,1-8H3,(H,36,37)(H,38,39)(H2,32,33,34)/t19-,21-,22+,30-/m0/s1. The number of hydrogen-bond acceptors (Lipinski definition) is 19. The highest BCUT2D eigenvalue weighted by molar-refractivity contribution is 7.48. The molecule has 0 aromatic carbocycles. The normalized spacial score (nSPS) is 20.5. The average molecular weight is 776 g/mol. The molecule has 0 unspecified atom stereocenters. The van der Waals surface area contributed by atoms with E-state index in [1.807, 2.05) is 0 Å². The van der Waals surface area contributed by atoms with Crippen molar-refractivity contribution in [2.75, 3.05) is 25.9 Å². The summed E-state index contributed by atoms with van der Waals surface area (Å²) in [6, 6.07) is 4.96. The van der Waals surface area contributed by atoms with Crippen molar-refractivity contribution in [3.8, 4) is 6.07 Å². The highest BCUT2D eigenvalue weighted by atomic mass is 31.2. The van der Waals surface area contributed by atoms with E-state index in [0.29, 0.717) is 0 Å². The van der Waals surface area contributed by atoms with Crippen molar-refractivity contribution >= 4 is 43.8 Å². The van der Waals surface area contributed by atoms with Gasteiger partial charge in [0, 0.05) is 5.92 Å². The molecule has 0 radical (unpaired) electrons. The second-order valence-corrected chi connectivity index (χ2v) is 14.6. The highest BCUT2D eigenvalue weighted by Gasteiger charge is 2.68. The van der Waals surface area contributed by atoms with Crippen LogP contribution in [0.5, 0.6) is 0 Å². The van der Waals surface area contributed by atoms with Crippen LogP contribution in [0.3, 0.4) is 0 Å². The molecule has 1 saturated heterocycles. The first-order valence-corrected chi connectivity index (χ1v) is 17.3. The molecule has 2 aromatic heterocycles. The third-order valence-electron chi connectivity index (χ3n) is 7.65. The van der Waals surface area contributed by atoms with Gasteiger partial charge in [0.2, 0.25) is 19.2 Å². The number of ether oxygens (including phenoxy) is 7. The van der Waals surface area contributed by atoms with Gasteiger partial charge in [-0.2, -0.15) is 10.4 Å². The molecular weight excluding hydrogens is 733 g/mol. The zero-order valence-electron chi connectivity index (χ0n) is 30.1. The van der Waals surface area contributed by atoms with Gasteiger partial charge in [-0.3, -0.25) is 4.52 Å². The molecule has 53 heavy (non-hydrogen) atoms. The highest BCUT2D eigenvalue weighted by Crippen LogP contribution is 2.58. The van der Waals surface area contributed by atoms with E-state index >= 15 is 0 Å². The molecule has 0 aliphatic carbocycles. The van der Waals surface area contributed by atoms with Gasteiger partial charge < -0.3 is 49.1 Å². The maximum Gasteiger partial charge on any atom is 0.510 e. The fraction of sp³-hybridized carbons (Fsp3) is 0.633. The molecule has 3 rings (SSSR count). The van der Waals surface area contributed by atoms with Crippen molar-refractivity contribution in [3.63, 3.8) is 0 Å². The van der Waals surface area contributed by atoms with Crippen LogP contribution in [0.2, 0.25) is 0 Å². The number of nitriles is 1. The van der Waals surface area contributed by atoms with Gasteiger partial charge in [0.1, 0.15) is 29.1 Å². The van der Waals surface area contributed by atoms with E-state index < -0.39 is 99.6 Å². The fourth-order valence-electron chi connectivity index (χ4n) is 5.96. The van der Waals surface area contributed by atoms with E-state index in [1.165, 1.54) is 72.0 Å².